The van der Waals surface area contributed by atoms with Crippen LogP contribution in [-0.4, -0.2) is 16.7 Å². The molecule has 1 aliphatic heterocycles. The standard InChI is InChI=1S/C21H13ClFNO2S2/c22-14-5-9-16(10-6-14)28-19-18(17-2-1-11-27-17)20(25)24(21(19)26)12-13-3-7-15(23)8-4-13/h1-11H,12H2. The van der Waals surface area contributed by atoms with E-state index in [1.54, 1.807) is 24.3 Å². The minimum Gasteiger partial charge on any atom is -0.269 e. The molecule has 1 aromatic heterocycles. The highest BCUT2D eigenvalue weighted by Crippen LogP contribution is 2.41. The van der Waals surface area contributed by atoms with Crippen LogP contribution in [0, 0.1) is 5.82 Å². The van der Waals surface area contributed by atoms with E-state index in [2.05, 4.69) is 0 Å². The van der Waals surface area contributed by atoms with Crippen molar-refractivity contribution >= 4 is 52.1 Å². The molecule has 28 heavy (non-hydrogen) atoms. The number of hydrogen-bond acceptors (Lipinski definition) is 4. The van der Waals surface area contributed by atoms with Crippen molar-refractivity contribution in [3.8, 4) is 0 Å². The van der Waals surface area contributed by atoms with Gasteiger partial charge in [-0.25, -0.2) is 4.39 Å². The van der Waals surface area contributed by atoms with Gasteiger partial charge in [-0.2, -0.15) is 0 Å². The molecule has 0 unspecified atom stereocenters. The summed E-state index contributed by atoms with van der Waals surface area (Å²) in [6.07, 6.45) is 0. The van der Waals surface area contributed by atoms with Crippen molar-refractivity contribution in [3.05, 3.63) is 92.2 Å². The number of halogens is 2. The first-order chi connectivity index (χ1) is 13.5. The number of thiophene rings is 1. The fourth-order valence-electron chi connectivity index (χ4n) is 2.82. The smallest absolute Gasteiger partial charge is 0.268 e. The molecule has 2 amide bonds. The number of nitrogens with zero attached hydrogens (tertiary/aromatic N) is 1. The number of hydrogen-bond donors (Lipinski definition) is 0. The molecule has 0 N–H and O–H groups in total. The Morgan fingerprint density at radius 1 is 0.964 bits per heavy atom. The molecule has 0 fully saturated rings. The van der Waals surface area contributed by atoms with Gasteiger partial charge in [0.05, 0.1) is 17.0 Å². The van der Waals surface area contributed by atoms with E-state index in [4.69, 9.17) is 11.6 Å². The second kappa shape index (κ2) is 7.91. The molecule has 7 heteroatoms. The van der Waals surface area contributed by atoms with E-state index in [1.807, 2.05) is 29.6 Å². The summed E-state index contributed by atoms with van der Waals surface area (Å²) in [5, 5.41) is 2.47. The van der Waals surface area contributed by atoms with Crippen LogP contribution in [0.25, 0.3) is 5.57 Å². The summed E-state index contributed by atoms with van der Waals surface area (Å²) >= 11 is 8.60. The summed E-state index contributed by atoms with van der Waals surface area (Å²) in [4.78, 5) is 29.3. The summed E-state index contributed by atoms with van der Waals surface area (Å²) in [6.45, 7) is 0.0947. The quantitative estimate of drug-likeness (QED) is 0.494. The second-order valence-corrected chi connectivity index (χ2v) is 8.53. The molecule has 2 heterocycles. The molecule has 2 aromatic carbocycles. The van der Waals surface area contributed by atoms with Gasteiger partial charge in [0.15, 0.2) is 0 Å². The van der Waals surface area contributed by atoms with Crippen LogP contribution in [0.15, 0.2) is 75.8 Å². The lowest BCUT2D eigenvalue weighted by Crippen LogP contribution is -2.30. The topological polar surface area (TPSA) is 37.4 Å². The van der Waals surface area contributed by atoms with Gasteiger partial charge in [0.25, 0.3) is 11.8 Å². The van der Waals surface area contributed by atoms with Gasteiger partial charge in [0.1, 0.15) is 5.82 Å². The average Bonchev–Trinajstić information content (AvgIpc) is 3.28. The fourth-order valence-corrected chi connectivity index (χ4v) is 4.79. The van der Waals surface area contributed by atoms with E-state index < -0.39 is 0 Å². The maximum atomic E-state index is 13.2. The van der Waals surface area contributed by atoms with E-state index in [9.17, 15) is 14.0 Å². The highest BCUT2D eigenvalue weighted by molar-refractivity contribution is 8.04. The number of amides is 2. The maximum absolute atomic E-state index is 13.2. The molecule has 0 saturated carbocycles. The van der Waals surface area contributed by atoms with E-state index in [0.29, 0.717) is 21.1 Å². The third-order valence-corrected chi connectivity index (χ3v) is 6.41. The Labute approximate surface area is 174 Å². The van der Waals surface area contributed by atoms with Crippen molar-refractivity contribution in [2.24, 2.45) is 0 Å². The van der Waals surface area contributed by atoms with Crippen molar-refractivity contribution in [1.29, 1.82) is 0 Å². The Bertz CT molecular complexity index is 1060. The molecular weight excluding hydrogens is 417 g/mol. The fraction of sp³-hybridized carbons (Fsp3) is 0.0476. The van der Waals surface area contributed by atoms with Gasteiger partial charge < -0.3 is 0 Å². The lowest BCUT2D eigenvalue weighted by molar-refractivity contribution is -0.137. The van der Waals surface area contributed by atoms with Gasteiger partial charge in [0, 0.05) is 14.8 Å². The first-order valence-corrected chi connectivity index (χ1v) is 10.4. The van der Waals surface area contributed by atoms with Crippen molar-refractivity contribution < 1.29 is 14.0 Å². The summed E-state index contributed by atoms with van der Waals surface area (Å²) < 4.78 is 13.2. The Hall–Kier alpha value is -2.41. The summed E-state index contributed by atoms with van der Waals surface area (Å²) in [7, 11) is 0. The van der Waals surface area contributed by atoms with Crippen molar-refractivity contribution in [1.82, 2.24) is 4.90 Å². The molecular formula is C21H13ClFNO2S2. The largest absolute Gasteiger partial charge is 0.269 e. The van der Waals surface area contributed by atoms with E-state index in [-0.39, 0.29) is 24.2 Å². The number of thioether (sulfide) groups is 1. The normalized spacial score (nSPS) is 14.3. The third-order valence-electron chi connectivity index (χ3n) is 4.18. The van der Waals surface area contributed by atoms with E-state index in [1.165, 1.54) is 40.1 Å². The molecule has 3 aromatic rings. The predicted molar refractivity (Wildman–Crippen MR) is 111 cm³/mol. The summed E-state index contributed by atoms with van der Waals surface area (Å²) in [6, 6.07) is 16.6. The zero-order valence-electron chi connectivity index (χ0n) is 14.4. The molecule has 3 nitrogen and oxygen atoms in total. The lowest BCUT2D eigenvalue weighted by Gasteiger charge is -2.15. The molecule has 0 bridgehead atoms. The Morgan fingerprint density at radius 3 is 2.32 bits per heavy atom. The number of carbonyl (C=O) groups is 2. The molecule has 1 aliphatic rings. The van der Waals surface area contributed by atoms with Crippen LogP contribution in [0.5, 0.6) is 0 Å². The Morgan fingerprint density at radius 2 is 1.68 bits per heavy atom. The van der Waals surface area contributed by atoms with Gasteiger partial charge in [-0.1, -0.05) is 41.6 Å². The van der Waals surface area contributed by atoms with Gasteiger partial charge >= 0.3 is 0 Å². The highest BCUT2D eigenvalue weighted by Gasteiger charge is 2.39. The number of imide groups is 1. The van der Waals surface area contributed by atoms with Crippen molar-refractivity contribution in [3.63, 3.8) is 0 Å². The highest BCUT2D eigenvalue weighted by atomic mass is 35.5. The average molecular weight is 430 g/mol. The minimum absolute atomic E-state index is 0.0947. The summed E-state index contributed by atoms with van der Waals surface area (Å²) in [5.74, 6) is -1.05. The Kier molecular flexibility index (Phi) is 5.35. The van der Waals surface area contributed by atoms with Gasteiger partial charge in [-0.15, -0.1) is 11.3 Å². The predicted octanol–water partition coefficient (Wildman–Crippen LogP) is 5.61. The van der Waals surface area contributed by atoms with Crippen molar-refractivity contribution in [2.45, 2.75) is 11.4 Å². The lowest BCUT2D eigenvalue weighted by atomic mass is 10.2. The van der Waals surface area contributed by atoms with E-state index in [0.717, 1.165) is 9.77 Å². The van der Waals surface area contributed by atoms with Crippen LogP contribution in [0.1, 0.15) is 10.4 Å². The first-order valence-electron chi connectivity index (χ1n) is 8.35. The number of carbonyl (C=O) groups excluding carboxylic acids is 2. The molecule has 0 radical (unpaired) electrons. The summed E-state index contributed by atoms with van der Waals surface area (Å²) in [5.41, 5.74) is 1.09. The zero-order chi connectivity index (χ0) is 19.7. The first kappa shape index (κ1) is 18.9. The van der Waals surface area contributed by atoms with Crippen LogP contribution in [0.2, 0.25) is 5.02 Å². The van der Waals surface area contributed by atoms with Crippen LogP contribution in [-0.2, 0) is 16.1 Å². The van der Waals surface area contributed by atoms with Crippen LogP contribution in [0.4, 0.5) is 4.39 Å². The van der Waals surface area contributed by atoms with Crippen LogP contribution < -0.4 is 0 Å². The van der Waals surface area contributed by atoms with Gasteiger partial charge in [-0.05, 0) is 53.4 Å². The maximum Gasteiger partial charge on any atom is 0.268 e. The van der Waals surface area contributed by atoms with Crippen LogP contribution in [0.3, 0.4) is 0 Å². The van der Waals surface area contributed by atoms with Crippen molar-refractivity contribution in [2.75, 3.05) is 0 Å². The molecule has 0 saturated heterocycles. The molecule has 0 spiro atoms. The second-order valence-electron chi connectivity index (χ2n) is 6.06. The Balaban J connectivity index is 1.69. The molecule has 0 atom stereocenters. The monoisotopic (exact) mass is 429 g/mol. The molecule has 140 valence electrons. The zero-order valence-corrected chi connectivity index (χ0v) is 16.8. The number of rotatable bonds is 5. The van der Waals surface area contributed by atoms with E-state index >= 15 is 0 Å². The molecule has 4 rings (SSSR count). The minimum atomic E-state index is -0.362. The van der Waals surface area contributed by atoms with Gasteiger partial charge in [0.2, 0.25) is 0 Å². The molecule has 0 aliphatic carbocycles. The van der Waals surface area contributed by atoms with Gasteiger partial charge in [-0.3, -0.25) is 14.5 Å². The van der Waals surface area contributed by atoms with Crippen LogP contribution >= 0.6 is 34.7 Å². The SMILES string of the molecule is O=C1C(Sc2ccc(Cl)cc2)=C(c2cccs2)C(=O)N1Cc1ccc(F)cc1. The third kappa shape index (κ3) is 3.76. The number of benzene rings is 2.